The molecular weight excluding hydrogens is 290 g/mol. The summed E-state index contributed by atoms with van der Waals surface area (Å²) < 4.78 is 0. The van der Waals surface area contributed by atoms with Crippen molar-refractivity contribution >= 4 is 34.3 Å². The molecule has 0 radical (unpaired) electrons. The minimum atomic E-state index is 0. The summed E-state index contributed by atoms with van der Waals surface area (Å²) in [6.45, 7) is 10.9. The lowest BCUT2D eigenvalue weighted by Gasteiger charge is -2.17. The van der Waals surface area contributed by atoms with E-state index >= 15 is 0 Å². The molecule has 3 nitrogen and oxygen atoms in total. The van der Waals surface area contributed by atoms with Crippen molar-refractivity contribution in [3.8, 4) is 0 Å². The van der Waals surface area contributed by atoms with E-state index in [2.05, 4.69) is 47.4 Å². The highest BCUT2D eigenvalue weighted by Crippen LogP contribution is 2.40. The van der Waals surface area contributed by atoms with E-state index in [1.165, 1.54) is 22.5 Å². The zero-order chi connectivity index (χ0) is 12.0. The van der Waals surface area contributed by atoms with Crippen molar-refractivity contribution in [2.75, 3.05) is 29.4 Å². The van der Waals surface area contributed by atoms with Gasteiger partial charge in [-0.2, -0.15) is 0 Å². The van der Waals surface area contributed by atoms with Gasteiger partial charge >= 0.3 is 0 Å². The fourth-order valence-corrected chi connectivity index (χ4v) is 2.53. The third-order valence-corrected chi connectivity index (χ3v) is 3.54. The van der Waals surface area contributed by atoms with Crippen LogP contribution in [0.5, 0.6) is 0 Å². The first-order chi connectivity index (χ1) is 8.22. The molecule has 0 atom stereocenters. The number of aliphatic imine (C=N–C) groups is 1. The maximum Gasteiger partial charge on any atom is 0.206 e. The van der Waals surface area contributed by atoms with Crippen LogP contribution in [0.15, 0.2) is 29.8 Å². The van der Waals surface area contributed by atoms with Crippen LogP contribution in [0.3, 0.4) is 0 Å². The number of aryl methyl sites for hydroxylation is 2. The number of guanidine groups is 1. The van der Waals surface area contributed by atoms with Gasteiger partial charge in [0.05, 0.1) is 17.9 Å². The first kappa shape index (κ1) is 13.1. The normalized spacial score (nSPS) is 16.0. The zero-order valence-corrected chi connectivity index (χ0v) is 12.5. The molecule has 0 fully saturated rings. The van der Waals surface area contributed by atoms with Crippen LogP contribution in [0.2, 0.25) is 0 Å². The summed E-state index contributed by atoms with van der Waals surface area (Å²) in [6, 6.07) is 4.53. The van der Waals surface area contributed by atoms with E-state index in [1.54, 1.807) is 0 Å². The molecule has 0 unspecified atom stereocenters. The smallest absolute Gasteiger partial charge is 0.206 e. The number of anilines is 2. The van der Waals surface area contributed by atoms with Crippen LogP contribution in [-0.4, -0.2) is 25.6 Å². The molecule has 1 aromatic rings. The van der Waals surface area contributed by atoms with E-state index in [9.17, 15) is 0 Å². The van der Waals surface area contributed by atoms with Crippen molar-refractivity contribution in [3.05, 3.63) is 35.9 Å². The number of rotatable bonds is 2. The Balaban J connectivity index is 0.00000120. The van der Waals surface area contributed by atoms with Gasteiger partial charge in [0.25, 0.3) is 0 Å². The molecule has 18 heavy (non-hydrogen) atoms. The van der Waals surface area contributed by atoms with E-state index in [4.69, 9.17) is 0 Å². The van der Waals surface area contributed by atoms with Gasteiger partial charge in [0.1, 0.15) is 0 Å². The number of hydrogen-bond donors (Lipinski definition) is 0. The van der Waals surface area contributed by atoms with E-state index < -0.39 is 0 Å². The van der Waals surface area contributed by atoms with Gasteiger partial charge in [0.15, 0.2) is 0 Å². The van der Waals surface area contributed by atoms with Crippen LogP contribution in [0, 0.1) is 13.8 Å². The topological polar surface area (TPSA) is 18.8 Å². The first-order valence-corrected chi connectivity index (χ1v) is 6.04. The average Bonchev–Trinajstić information content (AvgIpc) is 2.85. The third-order valence-electron chi connectivity index (χ3n) is 3.54. The highest BCUT2D eigenvalue weighted by molar-refractivity contribution is 8.93. The molecular formula is C14H18BrN3. The van der Waals surface area contributed by atoms with Crippen molar-refractivity contribution in [1.29, 1.82) is 0 Å². The molecule has 0 bridgehead atoms. The molecule has 0 amide bonds. The summed E-state index contributed by atoms with van der Waals surface area (Å²) in [5.41, 5.74) is 5.24. The van der Waals surface area contributed by atoms with Gasteiger partial charge in [0.2, 0.25) is 5.96 Å². The zero-order valence-electron chi connectivity index (χ0n) is 10.8. The van der Waals surface area contributed by atoms with Crippen molar-refractivity contribution in [3.63, 3.8) is 0 Å². The Morgan fingerprint density at radius 3 is 2.61 bits per heavy atom. The van der Waals surface area contributed by atoms with Gasteiger partial charge < -0.3 is 9.80 Å². The summed E-state index contributed by atoms with van der Waals surface area (Å²) in [7, 11) is 0. The number of hydrogen-bond acceptors (Lipinski definition) is 3. The van der Waals surface area contributed by atoms with Crippen LogP contribution >= 0.6 is 17.0 Å². The molecule has 0 saturated carbocycles. The van der Waals surface area contributed by atoms with E-state index in [0.717, 1.165) is 25.6 Å². The molecule has 96 valence electrons. The van der Waals surface area contributed by atoms with Crippen LogP contribution in [0.1, 0.15) is 11.1 Å². The second-order valence-corrected chi connectivity index (χ2v) is 4.66. The molecule has 1 aromatic carbocycles. The minimum absolute atomic E-state index is 0. The highest BCUT2D eigenvalue weighted by Gasteiger charge is 2.34. The Morgan fingerprint density at radius 1 is 1.28 bits per heavy atom. The van der Waals surface area contributed by atoms with Gasteiger partial charge in [-0.15, -0.1) is 23.6 Å². The van der Waals surface area contributed by atoms with Crippen molar-refractivity contribution in [2.45, 2.75) is 13.8 Å². The fraction of sp³-hybridized carbons (Fsp3) is 0.357. The van der Waals surface area contributed by atoms with E-state index in [-0.39, 0.29) is 17.0 Å². The number of benzene rings is 1. The van der Waals surface area contributed by atoms with Crippen molar-refractivity contribution in [2.24, 2.45) is 4.99 Å². The number of halogens is 1. The van der Waals surface area contributed by atoms with Crippen LogP contribution in [-0.2, 0) is 0 Å². The second-order valence-electron chi connectivity index (χ2n) is 4.66. The standard InChI is InChI=1S/C14H17N3.BrH/c1-4-6-16-12-8-10(2)11(3)9-13(12)17-7-5-15-14(16)17;/h4,8-9H,1,5-7H2,2-3H3;1H. The second kappa shape index (κ2) is 4.76. The summed E-state index contributed by atoms with van der Waals surface area (Å²) in [6.07, 6.45) is 1.93. The summed E-state index contributed by atoms with van der Waals surface area (Å²) in [5.74, 6) is 1.09. The lowest BCUT2D eigenvalue weighted by atomic mass is 10.1. The lowest BCUT2D eigenvalue weighted by Crippen LogP contribution is -2.35. The summed E-state index contributed by atoms with van der Waals surface area (Å²) >= 11 is 0. The fourth-order valence-electron chi connectivity index (χ4n) is 2.53. The van der Waals surface area contributed by atoms with E-state index in [0.29, 0.717) is 0 Å². The molecule has 0 aromatic heterocycles. The van der Waals surface area contributed by atoms with E-state index in [1.807, 2.05) is 6.08 Å². The quantitative estimate of drug-likeness (QED) is 0.782. The Labute approximate surface area is 119 Å². The van der Waals surface area contributed by atoms with Gasteiger partial charge in [-0.25, -0.2) is 0 Å². The molecule has 3 rings (SSSR count). The Bertz CT molecular complexity index is 522. The van der Waals surface area contributed by atoms with Crippen LogP contribution in [0.4, 0.5) is 11.4 Å². The molecule has 0 aliphatic carbocycles. The SMILES string of the molecule is Br.C=CCN1C2=NCCN2c2cc(C)c(C)cc21. The Morgan fingerprint density at radius 2 is 1.94 bits per heavy atom. The molecule has 2 aliphatic heterocycles. The van der Waals surface area contributed by atoms with Crippen LogP contribution < -0.4 is 9.80 Å². The van der Waals surface area contributed by atoms with Crippen LogP contribution in [0.25, 0.3) is 0 Å². The predicted molar refractivity (Wildman–Crippen MR) is 83.4 cm³/mol. The maximum absolute atomic E-state index is 4.59. The number of nitrogens with zero attached hydrogens (tertiary/aromatic N) is 3. The molecule has 0 spiro atoms. The third kappa shape index (κ3) is 1.75. The highest BCUT2D eigenvalue weighted by atomic mass is 79.9. The largest absolute Gasteiger partial charge is 0.308 e. The molecule has 2 heterocycles. The van der Waals surface area contributed by atoms with Gasteiger partial charge in [0, 0.05) is 13.1 Å². The summed E-state index contributed by atoms with van der Waals surface area (Å²) in [4.78, 5) is 9.16. The molecule has 0 N–H and O–H groups in total. The molecule has 2 aliphatic rings. The van der Waals surface area contributed by atoms with Crippen molar-refractivity contribution < 1.29 is 0 Å². The summed E-state index contributed by atoms with van der Waals surface area (Å²) in [5, 5.41) is 0. The maximum atomic E-state index is 4.59. The minimum Gasteiger partial charge on any atom is -0.308 e. The van der Waals surface area contributed by atoms with Crippen molar-refractivity contribution in [1.82, 2.24) is 0 Å². The Kier molecular flexibility index (Phi) is 3.48. The average molecular weight is 308 g/mol. The van der Waals surface area contributed by atoms with Gasteiger partial charge in [-0.3, -0.25) is 4.99 Å². The number of fused-ring (bicyclic) bond motifs is 3. The Hall–Kier alpha value is -1.29. The van der Waals surface area contributed by atoms with Gasteiger partial charge in [-0.05, 0) is 37.1 Å². The molecule has 0 saturated heterocycles. The molecule has 4 heteroatoms. The van der Waals surface area contributed by atoms with Gasteiger partial charge in [-0.1, -0.05) is 6.08 Å². The predicted octanol–water partition coefficient (Wildman–Crippen LogP) is 3.06. The monoisotopic (exact) mass is 307 g/mol. The lowest BCUT2D eigenvalue weighted by molar-refractivity contribution is 1.02. The first-order valence-electron chi connectivity index (χ1n) is 6.04.